The Hall–Kier alpha value is -1.59. The molecule has 1 aliphatic heterocycles. The van der Waals surface area contributed by atoms with Crippen molar-refractivity contribution < 1.29 is 9.59 Å². The molecule has 1 unspecified atom stereocenters. The van der Waals surface area contributed by atoms with E-state index in [0.717, 1.165) is 18.5 Å². The van der Waals surface area contributed by atoms with Crippen LogP contribution in [0.5, 0.6) is 0 Å². The Bertz CT molecular complexity index is 505. The van der Waals surface area contributed by atoms with Gasteiger partial charge in [0.2, 0.25) is 5.91 Å². The molecule has 0 radical (unpaired) electrons. The summed E-state index contributed by atoms with van der Waals surface area (Å²) >= 11 is 0. The molecule has 0 aliphatic carbocycles. The number of nitrogens with one attached hydrogen (secondary N) is 1. The smallest absolute Gasteiger partial charge is 0.251 e. The predicted octanol–water partition coefficient (Wildman–Crippen LogP) is 1.56. The number of likely N-dealkylation sites (tertiary alicyclic amines) is 1. The number of carbonyl (C=O) groups excluding carboxylic acids is 2. The first kappa shape index (κ1) is 18.5. The molecule has 3 N–H and O–H groups in total. The number of halogens is 1. The number of rotatable bonds is 6. The quantitative estimate of drug-likeness (QED) is 0.833. The van der Waals surface area contributed by atoms with Gasteiger partial charge in [0.15, 0.2) is 0 Å². The van der Waals surface area contributed by atoms with Gasteiger partial charge < -0.3 is 16.0 Å². The van der Waals surface area contributed by atoms with Crippen molar-refractivity contribution in [3.8, 4) is 0 Å². The lowest BCUT2D eigenvalue weighted by Crippen LogP contribution is -2.31. The van der Waals surface area contributed by atoms with Gasteiger partial charge in [0.05, 0.1) is 0 Å². The lowest BCUT2D eigenvalue weighted by molar-refractivity contribution is -0.128. The molecule has 1 fully saturated rings. The van der Waals surface area contributed by atoms with Crippen molar-refractivity contribution in [3.05, 3.63) is 35.4 Å². The van der Waals surface area contributed by atoms with Crippen LogP contribution in [0, 0.1) is 5.92 Å². The van der Waals surface area contributed by atoms with E-state index in [1.165, 1.54) is 0 Å². The van der Waals surface area contributed by atoms with Crippen LogP contribution < -0.4 is 11.1 Å². The summed E-state index contributed by atoms with van der Waals surface area (Å²) in [7, 11) is 0. The molecule has 1 aliphatic rings. The summed E-state index contributed by atoms with van der Waals surface area (Å²) in [5.41, 5.74) is 7.21. The number of benzene rings is 1. The summed E-state index contributed by atoms with van der Waals surface area (Å²) in [6.45, 7) is 4.60. The molecule has 1 aromatic rings. The average molecular weight is 326 g/mol. The van der Waals surface area contributed by atoms with Gasteiger partial charge in [0.25, 0.3) is 5.91 Å². The summed E-state index contributed by atoms with van der Waals surface area (Å²) in [4.78, 5) is 25.4. The molecule has 6 heteroatoms. The van der Waals surface area contributed by atoms with Crippen LogP contribution in [0.4, 0.5) is 0 Å². The van der Waals surface area contributed by atoms with Gasteiger partial charge >= 0.3 is 0 Å². The number of nitrogens with zero attached hydrogens (tertiary/aromatic N) is 1. The SMILES string of the molecule is CC(CN)CNC(=O)c1ccc(CN2CCCC2=O)cc1.Cl. The first-order valence-corrected chi connectivity index (χ1v) is 7.45. The van der Waals surface area contributed by atoms with Gasteiger partial charge in [-0.2, -0.15) is 0 Å². The van der Waals surface area contributed by atoms with Crippen molar-refractivity contribution in [1.82, 2.24) is 10.2 Å². The predicted molar refractivity (Wildman–Crippen MR) is 88.9 cm³/mol. The van der Waals surface area contributed by atoms with Gasteiger partial charge in [-0.15, -0.1) is 12.4 Å². The number of hydrogen-bond donors (Lipinski definition) is 2. The maximum Gasteiger partial charge on any atom is 0.251 e. The fourth-order valence-electron chi connectivity index (χ4n) is 2.31. The van der Waals surface area contributed by atoms with Gasteiger partial charge in [-0.3, -0.25) is 9.59 Å². The van der Waals surface area contributed by atoms with E-state index >= 15 is 0 Å². The molecule has 1 atom stereocenters. The van der Waals surface area contributed by atoms with Gasteiger partial charge in [-0.1, -0.05) is 19.1 Å². The molecule has 1 saturated heterocycles. The highest BCUT2D eigenvalue weighted by Gasteiger charge is 2.19. The Morgan fingerprint density at radius 1 is 1.36 bits per heavy atom. The summed E-state index contributed by atoms with van der Waals surface area (Å²) in [6.07, 6.45) is 1.60. The third-order valence-corrected chi connectivity index (χ3v) is 3.77. The zero-order valence-corrected chi connectivity index (χ0v) is 13.7. The molecular weight excluding hydrogens is 302 g/mol. The molecular formula is C16H24ClN3O2. The zero-order chi connectivity index (χ0) is 15.2. The summed E-state index contributed by atoms with van der Waals surface area (Å²) in [5, 5.41) is 2.87. The van der Waals surface area contributed by atoms with Crippen molar-refractivity contribution >= 4 is 24.2 Å². The van der Waals surface area contributed by atoms with E-state index in [1.807, 2.05) is 24.0 Å². The van der Waals surface area contributed by atoms with Crippen LogP contribution in [-0.4, -0.2) is 36.3 Å². The first-order valence-electron chi connectivity index (χ1n) is 7.45. The average Bonchev–Trinajstić information content (AvgIpc) is 2.90. The fraction of sp³-hybridized carbons (Fsp3) is 0.500. The molecule has 0 saturated carbocycles. The molecule has 0 aromatic heterocycles. The number of carbonyl (C=O) groups is 2. The lowest BCUT2D eigenvalue weighted by Gasteiger charge is -2.15. The normalized spacial score (nSPS) is 15.4. The molecule has 0 spiro atoms. The van der Waals surface area contributed by atoms with E-state index in [9.17, 15) is 9.59 Å². The van der Waals surface area contributed by atoms with E-state index in [-0.39, 0.29) is 30.1 Å². The first-order chi connectivity index (χ1) is 10.1. The second kappa shape index (κ2) is 8.76. The Labute approximate surface area is 137 Å². The molecule has 2 amide bonds. The number of nitrogens with two attached hydrogens (primary N) is 1. The third kappa shape index (κ3) is 5.00. The molecule has 2 rings (SSSR count). The second-order valence-corrected chi connectivity index (χ2v) is 5.67. The van der Waals surface area contributed by atoms with Crippen LogP contribution in [0.25, 0.3) is 0 Å². The van der Waals surface area contributed by atoms with Crippen molar-refractivity contribution in [2.45, 2.75) is 26.3 Å². The van der Waals surface area contributed by atoms with E-state index < -0.39 is 0 Å². The minimum Gasteiger partial charge on any atom is -0.352 e. The number of amides is 2. The van der Waals surface area contributed by atoms with Gasteiger partial charge in [-0.25, -0.2) is 0 Å². The lowest BCUT2D eigenvalue weighted by atomic mass is 10.1. The van der Waals surface area contributed by atoms with Gasteiger partial charge in [-0.05, 0) is 36.6 Å². The van der Waals surface area contributed by atoms with Crippen LogP contribution in [0.15, 0.2) is 24.3 Å². The van der Waals surface area contributed by atoms with Crippen LogP contribution >= 0.6 is 12.4 Å². The molecule has 0 bridgehead atoms. The Kier molecular flexibility index (Phi) is 7.35. The molecule has 1 heterocycles. The Morgan fingerprint density at radius 2 is 2.05 bits per heavy atom. The van der Waals surface area contributed by atoms with Crippen molar-refractivity contribution in [3.63, 3.8) is 0 Å². The van der Waals surface area contributed by atoms with Crippen LogP contribution in [0.3, 0.4) is 0 Å². The van der Waals surface area contributed by atoms with Crippen molar-refractivity contribution in [2.24, 2.45) is 11.7 Å². The van der Waals surface area contributed by atoms with Gasteiger partial charge in [0.1, 0.15) is 0 Å². The maximum absolute atomic E-state index is 12.0. The van der Waals surface area contributed by atoms with Crippen molar-refractivity contribution in [2.75, 3.05) is 19.6 Å². The topological polar surface area (TPSA) is 75.4 Å². The highest BCUT2D eigenvalue weighted by molar-refractivity contribution is 5.94. The van der Waals surface area contributed by atoms with Crippen molar-refractivity contribution in [1.29, 1.82) is 0 Å². The Balaban J connectivity index is 0.00000242. The summed E-state index contributed by atoms with van der Waals surface area (Å²) < 4.78 is 0. The van der Waals surface area contributed by atoms with E-state index in [1.54, 1.807) is 12.1 Å². The maximum atomic E-state index is 12.0. The van der Waals surface area contributed by atoms with Crippen LogP contribution in [-0.2, 0) is 11.3 Å². The fourth-order valence-corrected chi connectivity index (χ4v) is 2.31. The highest BCUT2D eigenvalue weighted by atomic mass is 35.5. The van der Waals surface area contributed by atoms with Crippen LogP contribution in [0.2, 0.25) is 0 Å². The monoisotopic (exact) mass is 325 g/mol. The third-order valence-electron chi connectivity index (χ3n) is 3.77. The molecule has 5 nitrogen and oxygen atoms in total. The summed E-state index contributed by atoms with van der Waals surface area (Å²) in [6, 6.07) is 7.43. The molecule has 22 heavy (non-hydrogen) atoms. The van der Waals surface area contributed by atoms with Gasteiger partial charge in [0, 0.05) is 31.6 Å². The minimum atomic E-state index is -0.0842. The highest BCUT2D eigenvalue weighted by Crippen LogP contribution is 2.14. The minimum absolute atomic E-state index is 0. The van der Waals surface area contributed by atoms with E-state index in [4.69, 9.17) is 5.73 Å². The largest absolute Gasteiger partial charge is 0.352 e. The molecule has 122 valence electrons. The standard InChI is InChI=1S/C16H23N3O2.ClH/c1-12(9-17)10-18-16(21)14-6-4-13(5-7-14)11-19-8-2-3-15(19)20;/h4-7,12H,2-3,8-11,17H2,1H3,(H,18,21);1H. The zero-order valence-electron chi connectivity index (χ0n) is 12.9. The van der Waals surface area contributed by atoms with Crippen LogP contribution in [0.1, 0.15) is 35.7 Å². The number of hydrogen-bond acceptors (Lipinski definition) is 3. The van der Waals surface area contributed by atoms with E-state index in [0.29, 0.717) is 31.6 Å². The molecule has 1 aromatic carbocycles. The second-order valence-electron chi connectivity index (χ2n) is 5.67. The van der Waals surface area contributed by atoms with E-state index in [2.05, 4.69) is 5.32 Å². The summed E-state index contributed by atoms with van der Waals surface area (Å²) in [5.74, 6) is 0.404. The Morgan fingerprint density at radius 3 is 2.59 bits per heavy atom.